The third kappa shape index (κ3) is 4.55. The van der Waals surface area contributed by atoms with Crippen LogP contribution in [-0.4, -0.2) is 21.9 Å². The van der Waals surface area contributed by atoms with Crippen LogP contribution in [0, 0.1) is 0 Å². The van der Waals surface area contributed by atoms with Crippen LogP contribution < -0.4 is 4.74 Å². The molecule has 0 bridgehead atoms. The number of halogens is 6. The Morgan fingerprint density at radius 2 is 1.42 bits per heavy atom. The van der Waals surface area contributed by atoms with E-state index in [0.29, 0.717) is 23.4 Å². The molecule has 0 atom stereocenters. The lowest BCUT2D eigenvalue weighted by Crippen LogP contribution is -2.11. The molecule has 0 aliphatic rings. The van der Waals surface area contributed by atoms with Crippen molar-refractivity contribution in [2.75, 3.05) is 7.11 Å². The van der Waals surface area contributed by atoms with E-state index in [1.54, 1.807) is 30.3 Å². The Balaban J connectivity index is 1.85. The number of methoxy groups -OCH3 is 1. The molecule has 0 aliphatic carbocycles. The van der Waals surface area contributed by atoms with Crippen molar-refractivity contribution in [3.8, 4) is 34.0 Å². The van der Waals surface area contributed by atoms with Crippen LogP contribution in [-0.2, 0) is 12.4 Å². The summed E-state index contributed by atoms with van der Waals surface area (Å²) in [7, 11) is 1.51. The predicted octanol–water partition coefficient (Wildman–Crippen LogP) is 6.65. The maximum atomic E-state index is 13.3. The topological polar surface area (TPSA) is 39.9 Å². The first-order valence-corrected chi connectivity index (χ1v) is 9.51. The summed E-state index contributed by atoms with van der Waals surface area (Å²) < 4.78 is 86.3. The molecule has 2 aromatic heterocycles. The Bertz CT molecular complexity index is 1260. The summed E-state index contributed by atoms with van der Waals surface area (Å²) in [5, 5.41) is 4.08. The molecule has 0 spiro atoms. The van der Waals surface area contributed by atoms with E-state index in [1.165, 1.54) is 30.3 Å². The molecule has 33 heavy (non-hydrogen) atoms. The van der Waals surface area contributed by atoms with Gasteiger partial charge in [0.1, 0.15) is 5.75 Å². The van der Waals surface area contributed by atoms with Crippen molar-refractivity contribution in [1.29, 1.82) is 0 Å². The maximum Gasteiger partial charge on any atom is 0.416 e. The van der Waals surface area contributed by atoms with Gasteiger partial charge in [-0.3, -0.25) is 0 Å². The second-order valence-corrected chi connectivity index (χ2v) is 7.03. The lowest BCUT2D eigenvalue weighted by Gasteiger charge is -2.15. The monoisotopic (exact) mass is 463 g/mol. The van der Waals surface area contributed by atoms with E-state index >= 15 is 0 Å². The van der Waals surface area contributed by atoms with Gasteiger partial charge in [0.25, 0.3) is 0 Å². The average Bonchev–Trinajstić information content (AvgIpc) is 3.28. The van der Waals surface area contributed by atoms with Crippen molar-refractivity contribution in [2.45, 2.75) is 12.4 Å². The van der Waals surface area contributed by atoms with Gasteiger partial charge >= 0.3 is 12.4 Å². The van der Waals surface area contributed by atoms with E-state index in [4.69, 9.17) is 4.74 Å². The van der Waals surface area contributed by atoms with Crippen molar-refractivity contribution in [3.05, 3.63) is 84.2 Å². The molecule has 0 saturated carbocycles. The molecule has 0 saturated heterocycles. The zero-order chi connectivity index (χ0) is 23.8. The molecule has 0 radical (unpaired) electrons. The van der Waals surface area contributed by atoms with Gasteiger partial charge in [-0.25, -0.2) is 9.67 Å². The van der Waals surface area contributed by atoms with Gasteiger partial charge in [0, 0.05) is 17.3 Å². The van der Waals surface area contributed by atoms with E-state index in [2.05, 4.69) is 10.1 Å². The molecular formula is C23H15F6N3O. The fraction of sp³-hybridized carbons (Fsp3) is 0.130. The lowest BCUT2D eigenvalue weighted by molar-refractivity contribution is -0.143. The highest BCUT2D eigenvalue weighted by Crippen LogP contribution is 2.39. The Morgan fingerprint density at radius 3 is 2.06 bits per heavy atom. The summed E-state index contributed by atoms with van der Waals surface area (Å²) in [6.07, 6.45) is -7.16. The number of pyridine rings is 1. The molecule has 10 heteroatoms. The molecular weight excluding hydrogens is 448 g/mol. The summed E-state index contributed by atoms with van der Waals surface area (Å²) in [6.45, 7) is 0. The lowest BCUT2D eigenvalue weighted by atomic mass is 10.0. The molecule has 0 aliphatic heterocycles. The molecule has 170 valence electrons. The number of aromatic nitrogens is 3. The van der Waals surface area contributed by atoms with Gasteiger partial charge in [0.05, 0.1) is 30.1 Å². The first-order chi connectivity index (χ1) is 15.6. The molecule has 2 heterocycles. The SMILES string of the molecule is COc1ccccc1-c1ccnc(-n2nccc2-c2cc(C(F)(F)F)cc(C(F)(F)F)c2)c1. The minimum Gasteiger partial charge on any atom is -0.496 e. The average molecular weight is 463 g/mol. The van der Waals surface area contributed by atoms with Gasteiger partial charge in [0.15, 0.2) is 5.82 Å². The maximum absolute atomic E-state index is 13.3. The highest BCUT2D eigenvalue weighted by Gasteiger charge is 2.37. The largest absolute Gasteiger partial charge is 0.496 e. The van der Waals surface area contributed by atoms with Crippen LogP contribution in [0.5, 0.6) is 5.75 Å². The predicted molar refractivity (Wildman–Crippen MR) is 109 cm³/mol. The minimum absolute atomic E-state index is 0.0243. The summed E-state index contributed by atoms with van der Waals surface area (Å²) in [5.74, 6) is 0.799. The summed E-state index contributed by atoms with van der Waals surface area (Å²) in [6, 6.07) is 13.2. The third-order valence-corrected chi connectivity index (χ3v) is 4.91. The van der Waals surface area contributed by atoms with Gasteiger partial charge < -0.3 is 4.74 Å². The van der Waals surface area contributed by atoms with E-state index in [9.17, 15) is 26.3 Å². The molecule has 0 N–H and O–H groups in total. The Morgan fingerprint density at radius 1 is 0.758 bits per heavy atom. The van der Waals surface area contributed by atoms with Gasteiger partial charge in [-0.15, -0.1) is 0 Å². The molecule has 0 unspecified atom stereocenters. The fourth-order valence-electron chi connectivity index (χ4n) is 3.39. The zero-order valence-electron chi connectivity index (χ0n) is 16.9. The first kappa shape index (κ1) is 22.4. The number of ether oxygens (including phenoxy) is 1. The fourth-order valence-corrected chi connectivity index (χ4v) is 3.39. The molecule has 4 rings (SSSR count). The Kier molecular flexibility index (Phi) is 5.61. The Hall–Kier alpha value is -3.82. The molecule has 0 fully saturated rings. The minimum atomic E-state index is -4.96. The first-order valence-electron chi connectivity index (χ1n) is 9.51. The van der Waals surface area contributed by atoms with E-state index in [0.717, 1.165) is 5.56 Å². The van der Waals surface area contributed by atoms with E-state index < -0.39 is 23.5 Å². The second-order valence-electron chi connectivity index (χ2n) is 7.03. The highest BCUT2D eigenvalue weighted by atomic mass is 19.4. The van der Waals surface area contributed by atoms with Gasteiger partial charge in [-0.2, -0.15) is 31.4 Å². The Labute approximate surface area is 184 Å². The summed E-state index contributed by atoms with van der Waals surface area (Å²) in [4.78, 5) is 4.21. The number of para-hydroxylation sites is 1. The van der Waals surface area contributed by atoms with Crippen molar-refractivity contribution >= 4 is 0 Å². The van der Waals surface area contributed by atoms with Crippen molar-refractivity contribution in [1.82, 2.24) is 14.8 Å². The van der Waals surface area contributed by atoms with Gasteiger partial charge in [-0.05, 0) is 48.0 Å². The van der Waals surface area contributed by atoms with E-state index in [-0.39, 0.29) is 23.1 Å². The van der Waals surface area contributed by atoms with Gasteiger partial charge in [0.2, 0.25) is 0 Å². The standard InChI is InChI=1S/C23H15F6N3O/c1-33-20-5-3-2-4-18(20)14-6-8-30-21(12-14)32-19(7-9-31-32)15-10-16(22(24,25)26)13-17(11-15)23(27,28)29/h2-13H,1H3. The molecule has 4 nitrogen and oxygen atoms in total. The molecule has 2 aromatic carbocycles. The van der Waals surface area contributed by atoms with Crippen molar-refractivity contribution < 1.29 is 31.1 Å². The number of rotatable bonds is 4. The highest BCUT2D eigenvalue weighted by molar-refractivity contribution is 5.72. The number of benzene rings is 2. The third-order valence-electron chi connectivity index (χ3n) is 4.91. The molecule has 4 aromatic rings. The second kappa shape index (κ2) is 8.27. The van der Waals surface area contributed by atoms with Crippen LogP contribution in [0.3, 0.4) is 0 Å². The van der Waals surface area contributed by atoms with Crippen LogP contribution in [0.15, 0.2) is 73.1 Å². The summed E-state index contributed by atoms with van der Waals surface area (Å²) in [5.41, 5.74) is -1.67. The normalized spacial score (nSPS) is 12.1. The molecule has 0 amide bonds. The van der Waals surface area contributed by atoms with Gasteiger partial charge in [-0.1, -0.05) is 18.2 Å². The smallest absolute Gasteiger partial charge is 0.416 e. The summed E-state index contributed by atoms with van der Waals surface area (Å²) >= 11 is 0. The van der Waals surface area contributed by atoms with Crippen molar-refractivity contribution in [2.24, 2.45) is 0 Å². The number of nitrogens with zero attached hydrogens (tertiary/aromatic N) is 3. The van der Waals surface area contributed by atoms with Crippen LogP contribution in [0.2, 0.25) is 0 Å². The zero-order valence-corrected chi connectivity index (χ0v) is 16.9. The van der Waals surface area contributed by atoms with Crippen LogP contribution in [0.4, 0.5) is 26.3 Å². The number of alkyl halides is 6. The number of hydrogen-bond acceptors (Lipinski definition) is 3. The van der Waals surface area contributed by atoms with Crippen molar-refractivity contribution in [3.63, 3.8) is 0 Å². The van der Waals surface area contributed by atoms with E-state index in [1.807, 2.05) is 6.07 Å². The number of hydrogen-bond donors (Lipinski definition) is 0. The van der Waals surface area contributed by atoms with Crippen LogP contribution in [0.1, 0.15) is 11.1 Å². The van der Waals surface area contributed by atoms with Crippen LogP contribution >= 0.6 is 0 Å². The van der Waals surface area contributed by atoms with Crippen LogP contribution in [0.25, 0.3) is 28.2 Å². The quantitative estimate of drug-likeness (QED) is 0.318.